The number of aliphatic hydroxyl groups excluding tert-OH is 1. The number of rotatable bonds is 5. The molecule has 2 N–H and O–H groups in total. The van der Waals surface area contributed by atoms with Gasteiger partial charge in [0, 0.05) is 35.1 Å². The van der Waals surface area contributed by atoms with Crippen molar-refractivity contribution in [1.29, 1.82) is 0 Å². The molecule has 0 amide bonds. The summed E-state index contributed by atoms with van der Waals surface area (Å²) in [6, 6.07) is 0. The molecule has 0 aliphatic rings. The molecule has 0 aliphatic heterocycles. The van der Waals surface area contributed by atoms with E-state index in [4.69, 9.17) is 9.66 Å². The van der Waals surface area contributed by atoms with E-state index in [1.807, 2.05) is 0 Å². The van der Waals surface area contributed by atoms with Gasteiger partial charge in [0.15, 0.2) is 0 Å². The van der Waals surface area contributed by atoms with Crippen LogP contribution in [0.15, 0.2) is 12.2 Å². The van der Waals surface area contributed by atoms with Crippen LogP contribution in [0.1, 0.15) is 6.92 Å². The molecule has 0 aromatic heterocycles. The van der Waals surface area contributed by atoms with Gasteiger partial charge in [-0.3, -0.25) is 4.55 Å². The topological polar surface area (TPSA) is 101 Å². The van der Waals surface area contributed by atoms with E-state index in [1.165, 1.54) is 6.92 Å². The second-order valence-electron chi connectivity index (χ2n) is 2.78. The van der Waals surface area contributed by atoms with Gasteiger partial charge in [-0.1, -0.05) is 6.58 Å². The first kappa shape index (κ1) is 17.5. The van der Waals surface area contributed by atoms with E-state index in [0.29, 0.717) is 0 Å². The Balaban J connectivity index is 0. The minimum absolute atomic E-state index is 0. The SMILES string of the molecule is C=C(C)C(=O)OCC(O)CS(=O)(=O)O.[Na]. The molecule has 0 saturated carbocycles. The molecule has 0 fully saturated rings. The molecule has 0 heterocycles. The van der Waals surface area contributed by atoms with Gasteiger partial charge in [-0.15, -0.1) is 0 Å². The fourth-order valence-electron chi connectivity index (χ4n) is 0.586. The average Bonchev–Trinajstić information content (AvgIpc) is 1.96. The summed E-state index contributed by atoms with van der Waals surface area (Å²) in [5.41, 5.74) is 0.143. The molecule has 8 heteroatoms. The van der Waals surface area contributed by atoms with Crippen LogP contribution in [0.4, 0.5) is 0 Å². The molecule has 0 bridgehead atoms. The van der Waals surface area contributed by atoms with Crippen LogP contribution in [0.25, 0.3) is 0 Å². The quantitative estimate of drug-likeness (QED) is 0.279. The predicted molar refractivity (Wildman–Crippen MR) is 53.9 cm³/mol. The Morgan fingerprint density at radius 1 is 1.53 bits per heavy atom. The molecule has 0 rings (SSSR count). The Bertz CT molecular complexity index is 322. The van der Waals surface area contributed by atoms with Crippen LogP contribution in [0.5, 0.6) is 0 Å². The molecule has 6 nitrogen and oxygen atoms in total. The Hall–Kier alpha value is 0.0800. The monoisotopic (exact) mass is 247 g/mol. The zero-order valence-corrected chi connectivity index (χ0v) is 11.5. The van der Waals surface area contributed by atoms with Crippen LogP contribution in [-0.2, 0) is 19.6 Å². The maximum atomic E-state index is 10.8. The fourth-order valence-corrected chi connectivity index (χ4v) is 1.17. The van der Waals surface area contributed by atoms with Gasteiger partial charge < -0.3 is 9.84 Å². The van der Waals surface area contributed by atoms with Crippen molar-refractivity contribution in [3.8, 4) is 0 Å². The Morgan fingerprint density at radius 3 is 2.33 bits per heavy atom. The van der Waals surface area contributed by atoms with E-state index < -0.39 is 34.6 Å². The second-order valence-corrected chi connectivity index (χ2v) is 4.28. The van der Waals surface area contributed by atoms with Crippen LogP contribution in [0, 0.1) is 0 Å². The van der Waals surface area contributed by atoms with Gasteiger partial charge in [0.2, 0.25) is 0 Å². The minimum Gasteiger partial charge on any atom is -0.460 e. The van der Waals surface area contributed by atoms with Gasteiger partial charge in [-0.25, -0.2) is 4.79 Å². The first-order valence-corrected chi connectivity index (χ1v) is 5.29. The number of ether oxygens (including phenoxy) is 1. The van der Waals surface area contributed by atoms with Crippen molar-refractivity contribution >= 4 is 45.6 Å². The van der Waals surface area contributed by atoms with Crippen molar-refractivity contribution in [1.82, 2.24) is 0 Å². The minimum atomic E-state index is -4.26. The number of esters is 1. The van der Waals surface area contributed by atoms with Crippen molar-refractivity contribution in [2.24, 2.45) is 0 Å². The molecular formula is C7H12NaO6S. The molecule has 15 heavy (non-hydrogen) atoms. The average molecular weight is 247 g/mol. The summed E-state index contributed by atoms with van der Waals surface area (Å²) >= 11 is 0. The smallest absolute Gasteiger partial charge is 0.333 e. The molecular weight excluding hydrogens is 235 g/mol. The summed E-state index contributed by atoms with van der Waals surface area (Å²) < 4.78 is 33.3. The standard InChI is InChI=1S/C7H12O6S.Na/c1-5(2)7(9)13-3-6(8)4-14(10,11)12;/h6,8H,1,3-4H2,2H3,(H,10,11,12);. The molecule has 1 unspecified atom stereocenters. The van der Waals surface area contributed by atoms with Gasteiger partial charge >= 0.3 is 5.97 Å². The van der Waals surface area contributed by atoms with Crippen LogP contribution < -0.4 is 0 Å². The van der Waals surface area contributed by atoms with Gasteiger partial charge in [0.1, 0.15) is 18.5 Å². The van der Waals surface area contributed by atoms with E-state index in [2.05, 4.69) is 11.3 Å². The third kappa shape index (κ3) is 10.4. The molecule has 0 aliphatic carbocycles. The van der Waals surface area contributed by atoms with E-state index in [9.17, 15) is 13.2 Å². The van der Waals surface area contributed by atoms with Gasteiger partial charge in [0.05, 0.1) is 0 Å². The summed E-state index contributed by atoms with van der Waals surface area (Å²) in [7, 11) is -4.26. The van der Waals surface area contributed by atoms with Crippen molar-refractivity contribution in [2.75, 3.05) is 12.4 Å². The Labute approximate surface area is 110 Å². The summed E-state index contributed by atoms with van der Waals surface area (Å²) in [6.45, 7) is 4.20. The molecule has 0 aromatic carbocycles. The molecule has 0 saturated heterocycles. The van der Waals surface area contributed by atoms with Crippen LogP contribution in [0.2, 0.25) is 0 Å². The Morgan fingerprint density at radius 2 is 2.00 bits per heavy atom. The maximum absolute atomic E-state index is 10.8. The fraction of sp³-hybridized carbons (Fsp3) is 0.571. The number of hydrogen-bond donors (Lipinski definition) is 2. The third-order valence-electron chi connectivity index (χ3n) is 1.16. The Kier molecular flexibility index (Phi) is 8.58. The molecule has 0 spiro atoms. The molecule has 1 radical (unpaired) electrons. The summed E-state index contributed by atoms with van der Waals surface area (Å²) in [6.07, 6.45) is -1.44. The van der Waals surface area contributed by atoms with Crippen molar-refractivity contribution in [3.63, 3.8) is 0 Å². The van der Waals surface area contributed by atoms with E-state index in [0.717, 1.165) is 0 Å². The van der Waals surface area contributed by atoms with Gasteiger partial charge in [-0.05, 0) is 6.92 Å². The first-order valence-electron chi connectivity index (χ1n) is 3.68. The largest absolute Gasteiger partial charge is 0.460 e. The number of hydrogen-bond acceptors (Lipinski definition) is 5. The van der Waals surface area contributed by atoms with E-state index in [-0.39, 0.29) is 35.1 Å². The van der Waals surface area contributed by atoms with Crippen molar-refractivity contribution in [2.45, 2.75) is 13.0 Å². The van der Waals surface area contributed by atoms with Gasteiger partial charge in [0.25, 0.3) is 10.1 Å². The van der Waals surface area contributed by atoms with Crippen LogP contribution in [-0.4, -0.2) is 72.1 Å². The normalized spacial score (nSPS) is 12.5. The van der Waals surface area contributed by atoms with Crippen LogP contribution in [0.3, 0.4) is 0 Å². The predicted octanol–water partition coefficient (Wildman–Crippen LogP) is -1.03. The second kappa shape index (κ2) is 7.37. The van der Waals surface area contributed by atoms with Crippen molar-refractivity contribution < 1.29 is 27.6 Å². The first-order chi connectivity index (χ1) is 6.22. The van der Waals surface area contributed by atoms with E-state index >= 15 is 0 Å². The summed E-state index contributed by atoms with van der Waals surface area (Å²) in [5, 5.41) is 8.97. The van der Waals surface area contributed by atoms with Gasteiger partial charge in [-0.2, -0.15) is 8.42 Å². The molecule has 0 aromatic rings. The molecule has 83 valence electrons. The maximum Gasteiger partial charge on any atom is 0.333 e. The third-order valence-corrected chi connectivity index (χ3v) is 1.96. The van der Waals surface area contributed by atoms with Crippen LogP contribution >= 0.6 is 0 Å². The zero-order valence-electron chi connectivity index (χ0n) is 8.63. The van der Waals surface area contributed by atoms with Crippen molar-refractivity contribution in [3.05, 3.63) is 12.2 Å². The number of carbonyl (C=O) groups excluding carboxylic acids is 1. The summed E-state index contributed by atoms with van der Waals surface area (Å²) in [4.78, 5) is 10.8. The molecule has 1 atom stereocenters. The summed E-state index contributed by atoms with van der Waals surface area (Å²) in [5.74, 6) is -1.59. The zero-order chi connectivity index (χ0) is 11.4. The number of aliphatic hydroxyl groups is 1. The van der Waals surface area contributed by atoms with E-state index in [1.54, 1.807) is 0 Å². The number of carbonyl (C=O) groups is 1.